The molecule has 1 aliphatic heterocycles. The Kier molecular flexibility index (Phi) is 5.48. The molecule has 2 amide bonds. The van der Waals surface area contributed by atoms with Crippen LogP contribution in [0.1, 0.15) is 18.4 Å². The van der Waals surface area contributed by atoms with Crippen molar-refractivity contribution in [3.05, 3.63) is 28.8 Å². The van der Waals surface area contributed by atoms with Crippen molar-refractivity contribution in [1.82, 2.24) is 5.32 Å². The molecule has 1 aromatic carbocycles. The maximum atomic E-state index is 12.1. The molecule has 0 aliphatic carbocycles. The van der Waals surface area contributed by atoms with Gasteiger partial charge in [0.2, 0.25) is 11.8 Å². The first-order valence-corrected chi connectivity index (χ1v) is 7.84. The molecule has 1 saturated heterocycles. The van der Waals surface area contributed by atoms with E-state index < -0.39 is 0 Å². The highest BCUT2D eigenvalue weighted by atomic mass is 35.5. The quantitative estimate of drug-likeness (QED) is 0.667. The predicted molar refractivity (Wildman–Crippen MR) is 85.0 cm³/mol. The lowest BCUT2D eigenvalue weighted by atomic mass is 10.1. The maximum absolute atomic E-state index is 12.1. The number of amides is 2. The number of benzene rings is 1. The van der Waals surface area contributed by atoms with E-state index in [4.69, 9.17) is 23.2 Å². The molecular formula is C15H18Cl2N2O2. The van der Waals surface area contributed by atoms with E-state index in [-0.39, 0.29) is 24.2 Å². The Morgan fingerprint density at radius 2 is 2.24 bits per heavy atom. The number of halogens is 2. The van der Waals surface area contributed by atoms with Crippen molar-refractivity contribution in [2.45, 2.75) is 19.8 Å². The van der Waals surface area contributed by atoms with Crippen LogP contribution in [-0.2, 0) is 9.59 Å². The number of hydrogen-bond donors (Lipinski definition) is 1. The third-order valence-electron chi connectivity index (χ3n) is 3.57. The van der Waals surface area contributed by atoms with E-state index in [0.29, 0.717) is 24.0 Å². The summed E-state index contributed by atoms with van der Waals surface area (Å²) in [4.78, 5) is 25.7. The minimum Gasteiger partial charge on any atom is -0.356 e. The fourth-order valence-corrected chi connectivity index (χ4v) is 2.61. The molecule has 0 unspecified atom stereocenters. The van der Waals surface area contributed by atoms with Gasteiger partial charge in [-0.3, -0.25) is 9.59 Å². The van der Waals surface area contributed by atoms with Gasteiger partial charge in [-0.1, -0.05) is 17.7 Å². The molecule has 0 radical (unpaired) electrons. The molecule has 1 aromatic rings. The summed E-state index contributed by atoms with van der Waals surface area (Å²) in [7, 11) is 0. The number of aryl methyl sites for hydroxylation is 1. The van der Waals surface area contributed by atoms with Crippen molar-refractivity contribution in [2.75, 3.05) is 23.9 Å². The van der Waals surface area contributed by atoms with Gasteiger partial charge >= 0.3 is 0 Å². The van der Waals surface area contributed by atoms with Crippen LogP contribution in [0.25, 0.3) is 0 Å². The van der Waals surface area contributed by atoms with Crippen molar-refractivity contribution in [3.8, 4) is 0 Å². The third kappa shape index (κ3) is 3.89. The van der Waals surface area contributed by atoms with Crippen LogP contribution in [0.5, 0.6) is 0 Å². The second-order valence-corrected chi connectivity index (χ2v) is 5.96. The van der Waals surface area contributed by atoms with Gasteiger partial charge in [-0.15, -0.1) is 11.6 Å². The zero-order chi connectivity index (χ0) is 15.4. The summed E-state index contributed by atoms with van der Waals surface area (Å²) in [6, 6.07) is 5.49. The Hall–Kier alpha value is -1.26. The number of carbonyl (C=O) groups is 2. The number of nitrogens with zero attached hydrogens (tertiary/aromatic N) is 1. The van der Waals surface area contributed by atoms with Crippen molar-refractivity contribution in [1.29, 1.82) is 0 Å². The van der Waals surface area contributed by atoms with Gasteiger partial charge in [0.05, 0.1) is 5.92 Å². The Labute approximate surface area is 134 Å². The first-order valence-electron chi connectivity index (χ1n) is 6.93. The van der Waals surface area contributed by atoms with Crippen LogP contribution in [0.3, 0.4) is 0 Å². The number of rotatable bonds is 5. The molecule has 0 aromatic heterocycles. The average Bonchev–Trinajstić information content (AvgIpc) is 2.84. The lowest BCUT2D eigenvalue weighted by Gasteiger charge is -2.17. The SMILES string of the molecule is Cc1ccc(N2C[C@@H](C(=O)NCCCCl)CC2=O)cc1Cl. The monoisotopic (exact) mass is 328 g/mol. The molecule has 1 N–H and O–H groups in total. The predicted octanol–water partition coefficient (Wildman–Crippen LogP) is 2.75. The van der Waals surface area contributed by atoms with Crippen LogP contribution in [0.4, 0.5) is 5.69 Å². The molecule has 0 saturated carbocycles. The standard InChI is InChI=1S/C15H18Cl2N2O2/c1-10-3-4-12(8-13(10)17)19-9-11(7-14(19)20)15(21)18-6-2-5-16/h3-4,8,11H,2,5-7,9H2,1H3,(H,18,21)/t11-/m0/s1. The number of hydrogen-bond acceptors (Lipinski definition) is 2. The highest BCUT2D eigenvalue weighted by Gasteiger charge is 2.35. The molecule has 21 heavy (non-hydrogen) atoms. The summed E-state index contributed by atoms with van der Waals surface area (Å²) in [6.07, 6.45) is 0.962. The highest BCUT2D eigenvalue weighted by Crippen LogP contribution is 2.28. The van der Waals surface area contributed by atoms with Crippen LogP contribution < -0.4 is 10.2 Å². The number of nitrogens with one attached hydrogen (secondary N) is 1. The van der Waals surface area contributed by atoms with E-state index in [0.717, 1.165) is 17.7 Å². The molecule has 1 heterocycles. The third-order valence-corrected chi connectivity index (χ3v) is 4.25. The molecule has 0 bridgehead atoms. The molecule has 2 rings (SSSR count). The van der Waals surface area contributed by atoms with Crippen LogP contribution in [0.2, 0.25) is 5.02 Å². The van der Waals surface area contributed by atoms with Gasteiger partial charge in [0, 0.05) is 36.1 Å². The average molecular weight is 329 g/mol. The topological polar surface area (TPSA) is 49.4 Å². The number of anilines is 1. The summed E-state index contributed by atoms with van der Waals surface area (Å²) < 4.78 is 0. The molecule has 1 aliphatic rings. The van der Waals surface area contributed by atoms with Gasteiger partial charge in [0.1, 0.15) is 0 Å². The number of carbonyl (C=O) groups excluding carboxylic acids is 2. The second-order valence-electron chi connectivity index (χ2n) is 5.17. The van der Waals surface area contributed by atoms with E-state index in [1.165, 1.54) is 0 Å². The van der Waals surface area contributed by atoms with Crippen LogP contribution in [-0.4, -0.2) is 30.8 Å². The molecule has 114 valence electrons. The van der Waals surface area contributed by atoms with Crippen LogP contribution >= 0.6 is 23.2 Å². The van der Waals surface area contributed by atoms with Crippen LogP contribution in [0.15, 0.2) is 18.2 Å². The van der Waals surface area contributed by atoms with Gasteiger partial charge in [0.15, 0.2) is 0 Å². The first-order chi connectivity index (χ1) is 10.0. The normalized spacial score (nSPS) is 18.1. The van der Waals surface area contributed by atoms with Gasteiger partial charge in [-0.2, -0.15) is 0 Å². The van der Waals surface area contributed by atoms with Crippen LogP contribution in [0, 0.1) is 12.8 Å². The highest BCUT2D eigenvalue weighted by molar-refractivity contribution is 6.31. The lowest BCUT2D eigenvalue weighted by molar-refractivity contribution is -0.126. The van der Waals surface area contributed by atoms with Gasteiger partial charge < -0.3 is 10.2 Å². The van der Waals surface area contributed by atoms with E-state index in [9.17, 15) is 9.59 Å². The first kappa shape index (κ1) is 16.1. The molecule has 1 atom stereocenters. The Bertz CT molecular complexity index is 548. The molecular weight excluding hydrogens is 311 g/mol. The summed E-state index contributed by atoms with van der Waals surface area (Å²) in [5.41, 5.74) is 1.70. The Morgan fingerprint density at radius 1 is 1.48 bits per heavy atom. The molecule has 4 nitrogen and oxygen atoms in total. The fourth-order valence-electron chi connectivity index (χ4n) is 2.31. The van der Waals surface area contributed by atoms with E-state index >= 15 is 0 Å². The summed E-state index contributed by atoms with van der Waals surface area (Å²) >= 11 is 11.7. The van der Waals surface area contributed by atoms with Crippen molar-refractivity contribution < 1.29 is 9.59 Å². The smallest absolute Gasteiger partial charge is 0.227 e. The van der Waals surface area contributed by atoms with Gasteiger partial charge in [0.25, 0.3) is 0 Å². The van der Waals surface area contributed by atoms with E-state index in [2.05, 4.69) is 5.32 Å². The zero-order valence-electron chi connectivity index (χ0n) is 11.9. The second kappa shape index (κ2) is 7.14. The summed E-state index contributed by atoms with van der Waals surface area (Å²) in [5.74, 6) is 0.0622. The maximum Gasteiger partial charge on any atom is 0.227 e. The van der Waals surface area contributed by atoms with E-state index in [1.807, 2.05) is 19.1 Å². The molecule has 6 heteroatoms. The largest absolute Gasteiger partial charge is 0.356 e. The summed E-state index contributed by atoms with van der Waals surface area (Å²) in [5, 5.41) is 3.43. The van der Waals surface area contributed by atoms with Crippen molar-refractivity contribution in [2.24, 2.45) is 5.92 Å². The number of alkyl halides is 1. The Morgan fingerprint density at radius 3 is 2.90 bits per heavy atom. The van der Waals surface area contributed by atoms with Crippen molar-refractivity contribution >= 4 is 40.7 Å². The van der Waals surface area contributed by atoms with Crippen molar-refractivity contribution in [3.63, 3.8) is 0 Å². The minimum atomic E-state index is -0.312. The summed E-state index contributed by atoms with van der Waals surface area (Å²) in [6.45, 7) is 2.85. The lowest BCUT2D eigenvalue weighted by Crippen LogP contribution is -2.33. The van der Waals surface area contributed by atoms with Gasteiger partial charge in [-0.05, 0) is 31.0 Å². The van der Waals surface area contributed by atoms with Gasteiger partial charge in [-0.25, -0.2) is 0 Å². The van der Waals surface area contributed by atoms with E-state index in [1.54, 1.807) is 11.0 Å². The molecule has 1 fully saturated rings. The zero-order valence-corrected chi connectivity index (χ0v) is 13.4. The Balaban J connectivity index is 2.02. The molecule has 0 spiro atoms. The fraction of sp³-hybridized carbons (Fsp3) is 0.467. The minimum absolute atomic E-state index is 0.0487.